The highest BCUT2D eigenvalue weighted by Crippen LogP contribution is 2.23. The Balaban J connectivity index is 1.38. The zero-order chi connectivity index (χ0) is 19.5. The van der Waals surface area contributed by atoms with E-state index in [4.69, 9.17) is 4.42 Å². The van der Waals surface area contributed by atoms with Gasteiger partial charge >= 0.3 is 5.76 Å². The van der Waals surface area contributed by atoms with Crippen LogP contribution >= 0.6 is 0 Å². The molecule has 1 unspecified atom stereocenters. The zero-order valence-electron chi connectivity index (χ0n) is 16.1. The van der Waals surface area contributed by atoms with Gasteiger partial charge in [0.1, 0.15) is 12.2 Å². The SMILES string of the molecule is CCn1cnnc1CCC1CCCN1C(=O)CCn1c(=O)oc2ccccc21. The highest BCUT2D eigenvalue weighted by atomic mass is 16.4. The predicted octanol–water partition coefficient (Wildman–Crippen LogP) is 2.22. The molecule has 28 heavy (non-hydrogen) atoms. The maximum absolute atomic E-state index is 12.8. The number of benzene rings is 1. The molecule has 0 radical (unpaired) electrons. The van der Waals surface area contributed by atoms with E-state index in [2.05, 4.69) is 17.1 Å². The van der Waals surface area contributed by atoms with Crippen molar-refractivity contribution < 1.29 is 9.21 Å². The molecule has 1 saturated heterocycles. The maximum Gasteiger partial charge on any atom is 0.419 e. The standard InChI is InChI=1S/C20H25N5O3/c1-2-23-14-21-22-18(23)10-9-15-6-5-12-24(15)19(26)11-13-25-16-7-3-4-8-17(16)28-20(25)27/h3-4,7-8,14-15H,2,5-6,9-13H2,1H3. The summed E-state index contributed by atoms with van der Waals surface area (Å²) in [5.41, 5.74) is 1.29. The first kappa shape index (κ1) is 18.5. The van der Waals surface area contributed by atoms with Crippen LogP contribution in [0.25, 0.3) is 11.1 Å². The fraction of sp³-hybridized carbons (Fsp3) is 0.500. The van der Waals surface area contributed by atoms with Gasteiger partial charge in [0, 0.05) is 38.5 Å². The Kier molecular flexibility index (Phi) is 5.27. The van der Waals surface area contributed by atoms with Crippen LogP contribution in [-0.4, -0.2) is 42.7 Å². The van der Waals surface area contributed by atoms with Crippen LogP contribution in [0.4, 0.5) is 0 Å². The van der Waals surface area contributed by atoms with Gasteiger partial charge in [0.15, 0.2) is 5.58 Å². The summed E-state index contributed by atoms with van der Waals surface area (Å²) in [5, 5.41) is 8.16. The van der Waals surface area contributed by atoms with Crippen LogP contribution in [0.15, 0.2) is 39.8 Å². The lowest BCUT2D eigenvalue weighted by atomic mass is 10.1. The number of carbonyl (C=O) groups excluding carboxylic acids is 1. The van der Waals surface area contributed by atoms with E-state index in [-0.39, 0.29) is 11.9 Å². The van der Waals surface area contributed by atoms with E-state index in [1.165, 1.54) is 0 Å². The molecule has 8 heteroatoms. The van der Waals surface area contributed by atoms with Crippen molar-refractivity contribution in [3.63, 3.8) is 0 Å². The number of rotatable bonds is 7. The number of aromatic nitrogens is 4. The van der Waals surface area contributed by atoms with E-state index in [1.807, 2.05) is 27.7 Å². The third-order valence-electron chi connectivity index (χ3n) is 5.56. The number of hydrogen-bond donors (Lipinski definition) is 0. The summed E-state index contributed by atoms with van der Waals surface area (Å²) in [5.74, 6) is 0.653. The Morgan fingerprint density at radius 1 is 1.32 bits per heavy atom. The second kappa shape index (κ2) is 8.00. The molecule has 2 aromatic heterocycles. The van der Waals surface area contributed by atoms with Crippen LogP contribution < -0.4 is 5.76 Å². The van der Waals surface area contributed by atoms with Gasteiger partial charge < -0.3 is 13.9 Å². The average Bonchev–Trinajstić information content (AvgIpc) is 3.42. The summed E-state index contributed by atoms with van der Waals surface area (Å²) in [6.45, 7) is 4.04. The van der Waals surface area contributed by atoms with Crippen molar-refractivity contribution in [1.29, 1.82) is 0 Å². The molecule has 0 bridgehead atoms. The average molecular weight is 383 g/mol. The van der Waals surface area contributed by atoms with Crippen LogP contribution in [0.5, 0.6) is 0 Å². The molecule has 1 aliphatic heterocycles. The summed E-state index contributed by atoms with van der Waals surface area (Å²) >= 11 is 0. The van der Waals surface area contributed by atoms with Gasteiger partial charge in [-0.15, -0.1) is 10.2 Å². The lowest BCUT2D eigenvalue weighted by Gasteiger charge is -2.24. The Hall–Kier alpha value is -2.90. The molecule has 1 atom stereocenters. The number of hydrogen-bond acceptors (Lipinski definition) is 5. The molecule has 0 saturated carbocycles. The number of fused-ring (bicyclic) bond motifs is 1. The molecule has 8 nitrogen and oxygen atoms in total. The number of para-hydroxylation sites is 2. The normalized spacial score (nSPS) is 16.9. The number of amides is 1. The summed E-state index contributed by atoms with van der Waals surface area (Å²) in [6, 6.07) is 7.52. The van der Waals surface area contributed by atoms with E-state index in [0.717, 1.165) is 50.1 Å². The predicted molar refractivity (Wildman–Crippen MR) is 104 cm³/mol. The van der Waals surface area contributed by atoms with Crippen molar-refractivity contribution in [2.75, 3.05) is 6.54 Å². The fourth-order valence-electron chi connectivity index (χ4n) is 4.07. The van der Waals surface area contributed by atoms with Gasteiger partial charge in [-0.3, -0.25) is 9.36 Å². The minimum absolute atomic E-state index is 0.0941. The van der Waals surface area contributed by atoms with Crippen molar-refractivity contribution in [2.45, 2.75) is 58.2 Å². The van der Waals surface area contributed by atoms with Crippen molar-refractivity contribution in [1.82, 2.24) is 24.2 Å². The Labute approximate surface area is 162 Å². The molecular formula is C20H25N5O3. The van der Waals surface area contributed by atoms with Crippen molar-refractivity contribution in [3.05, 3.63) is 47.0 Å². The lowest BCUT2D eigenvalue weighted by molar-refractivity contribution is -0.132. The van der Waals surface area contributed by atoms with Gasteiger partial charge in [0.2, 0.25) is 5.91 Å². The quantitative estimate of drug-likeness (QED) is 0.624. The first-order valence-corrected chi connectivity index (χ1v) is 9.92. The largest absolute Gasteiger partial charge is 0.419 e. The van der Waals surface area contributed by atoms with E-state index >= 15 is 0 Å². The molecule has 1 fully saturated rings. The van der Waals surface area contributed by atoms with Gasteiger partial charge in [-0.1, -0.05) is 12.1 Å². The topological polar surface area (TPSA) is 86.2 Å². The van der Waals surface area contributed by atoms with E-state index in [9.17, 15) is 9.59 Å². The van der Waals surface area contributed by atoms with E-state index < -0.39 is 5.76 Å². The van der Waals surface area contributed by atoms with Crippen LogP contribution in [0.3, 0.4) is 0 Å². The Bertz CT molecular complexity index is 1020. The highest BCUT2D eigenvalue weighted by Gasteiger charge is 2.28. The first-order chi connectivity index (χ1) is 13.7. The summed E-state index contributed by atoms with van der Waals surface area (Å²) in [6.07, 6.45) is 5.78. The second-order valence-electron chi connectivity index (χ2n) is 7.19. The van der Waals surface area contributed by atoms with Crippen LogP contribution in [0.2, 0.25) is 0 Å². The van der Waals surface area contributed by atoms with E-state index in [0.29, 0.717) is 18.5 Å². The fourth-order valence-corrected chi connectivity index (χ4v) is 4.07. The number of aryl methyl sites for hydroxylation is 3. The highest BCUT2D eigenvalue weighted by molar-refractivity contribution is 5.77. The first-order valence-electron chi connectivity index (χ1n) is 9.92. The number of carbonyl (C=O) groups is 1. The van der Waals surface area contributed by atoms with Crippen molar-refractivity contribution in [2.24, 2.45) is 0 Å². The number of nitrogens with zero attached hydrogens (tertiary/aromatic N) is 5. The van der Waals surface area contributed by atoms with Crippen LogP contribution in [-0.2, 0) is 24.3 Å². The molecule has 0 aliphatic carbocycles. The van der Waals surface area contributed by atoms with Crippen LogP contribution in [0.1, 0.15) is 38.4 Å². The van der Waals surface area contributed by atoms with Gasteiger partial charge in [0.05, 0.1) is 5.52 Å². The van der Waals surface area contributed by atoms with Crippen LogP contribution in [0, 0.1) is 0 Å². The molecule has 3 aromatic rings. The van der Waals surface area contributed by atoms with Gasteiger partial charge in [-0.05, 0) is 38.3 Å². The minimum atomic E-state index is -0.411. The summed E-state index contributed by atoms with van der Waals surface area (Å²) < 4.78 is 8.83. The molecular weight excluding hydrogens is 358 g/mol. The van der Waals surface area contributed by atoms with Gasteiger partial charge in [-0.2, -0.15) is 0 Å². The number of oxazole rings is 1. The maximum atomic E-state index is 12.8. The Morgan fingerprint density at radius 3 is 3.04 bits per heavy atom. The molecule has 0 N–H and O–H groups in total. The molecule has 0 spiro atoms. The third-order valence-corrected chi connectivity index (χ3v) is 5.56. The summed E-state index contributed by atoms with van der Waals surface area (Å²) in [7, 11) is 0. The molecule has 1 aliphatic rings. The van der Waals surface area contributed by atoms with Crippen molar-refractivity contribution >= 4 is 17.0 Å². The summed E-state index contributed by atoms with van der Waals surface area (Å²) in [4.78, 5) is 26.9. The van der Waals surface area contributed by atoms with Gasteiger partial charge in [-0.25, -0.2) is 4.79 Å². The molecule has 1 amide bonds. The molecule has 1 aromatic carbocycles. The van der Waals surface area contributed by atoms with Gasteiger partial charge in [0.25, 0.3) is 0 Å². The molecule has 4 rings (SSSR count). The van der Waals surface area contributed by atoms with Crippen molar-refractivity contribution in [3.8, 4) is 0 Å². The number of likely N-dealkylation sites (tertiary alicyclic amines) is 1. The second-order valence-corrected chi connectivity index (χ2v) is 7.19. The zero-order valence-corrected chi connectivity index (χ0v) is 16.1. The molecule has 148 valence electrons. The smallest absolute Gasteiger partial charge is 0.408 e. The lowest BCUT2D eigenvalue weighted by Crippen LogP contribution is -2.36. The minimum Gasteiger partial charge on any atom is -0.408 e. The Morgan fingerprint density at radius 2 is 2.18 bits per heavy atom. The third kappa shape index (κ3) is 3.58. The van der Waals surface area contributed by atoms with E-state index in [1.54, 1.807) is 17.0 Å². The monoisotopic (exact) mass is 383 g/mol. The molecule has 3 heterocycles.